The molecule has 0 aromatic carbocycles. The highest BCUT2D eigenvalue weighted by atomic mass is 16.6. The van der Waals surface area contributed by atoms with Gasteiger partial charge in [0, 0.05) is 24.7 Å². The quantitative estimate of drug-likeness (QED) is 0.836. The van der Waals surface area contributed by atoms with Crippen molar-refractivity contribution in [1.29, 1.82) is 0 Å². The first-order valence-corrected chi connectivity index (χ1v) is 8.21. The number of hydrogen-bond acceptors (Lipinski definition) is 4. The van der Waals surface area contributed by atoms with E-state index in [1.807, 2.05) is 25.7 Å². The maximum absolute atomic E-state index is 12.3. The number of nitrogens with one attached hydrogen (secondary N) is 1. The van der Waals surface area contributed by atoms with Gasteiger partial charge in [0.15, 0.2) is 0 Å². The van der Waals surface area contributed by atoms with Crippen molar-refractivity contribution >= 4 is 6.09 Å². The largest absolute Gasteiger partial charge is 0.444 e. The molecule has 0 spiro atoms. The predicted octanol–water partition coefficient (Wildman–Crippen LogP) is 2.28. The van der Waals surface area contributed by atoms with Gasteiger partial charge >= 0.3 is 6.09 Å². The third-order valence-corrected chi connectivity index (χ3v) is 4.58. The van der Waals surface area contributed by atoms with Crippen LogP contribution in [0.25, 0.3) is 0 Å². The summed E-state index contributed by atoms with van der Waals surface area (Å²) in [5, 5.41) is 13.0. The second kappa shape index (κ2) is 6.53. The highest BCUT2D eigenvalue weighted by Gasteiger charge is 2.38. The molecule has 1 aliphatic carbocycles. The first-order valence-electron chi connectivity index (χ1n) is 8.21. The first-order chi connectivity index (χ1) is 9.85. The Morgan fingerprint density at radius 3 is 2.57 bits per heavy atom. The van der Waals surface area contributed by atoms with Crippen molar-refractivity contribution in [3.05, 3.63) is 0 Å². The van der Waals surface area contributed by atoms with Crippen molar-refractivity contribution in [2.45, 2.75) is 76.5 Å². The van der Waals surface area contributed by atoms with Crippen molar-refractivity contribution in [3.8, 4) is 0 Å². The Hall–Kier alpha value is -0.810. The molecule has 0 bridgehead atoms. The number of aliphatic hydroxyl groups is 1. The lowest BCUT2D eigenvalue weighted by molar-refractivity contribution is 0.00632. The van der Waals surface area contributed by atoms with Crippen LogP contribution in [0.5, 0.6) is 0 Å². The average Bonchev–Trinajstić information content (AvgIpc) is 2.36. The van der Waals surface area contributed by atoms with E-state index in [1.165, 1.54) is 6.42 Å². The second-order valence-electron chi connectivity index (χ2n) is 7.50. The lowest BCUT2D eigenvalue weighted by atomic mass is 9.77. The molecule has 0 aromatic heterocycles. The van der Waals surface area contributed by atoms with E-state index in [0.717, 1.165) is 45.2 Å². The van der Waals surface area contributed by atoms with E-state index < -0.39 is 5.60 Å². The Bertz CT molecular complexity index is 356. The normalized spacial score (nSPS) is 25.3. The Labute approximate surface area is 128 Å². The zero-order chi connectivity index (χ0) is 15.5. The lowest BCUT2D eigenvalue weighted by Crippen LogP contribution is -2.59. The van der Waals surface area contributed by atoms with Gasteiger partial charge in [-0.3, -0.25) is 0 Å². The van der Waals surface area contributed by atoms with Crippen LogP contribution in [-0.4, -0.2) is 53.0 Å². The number of nitrogens with zero attached hydrogens (tertiary/aromatic N) is 1. The summed E-state index contributed by atoms with van der Waals surface area (Å²) in [7, 11) is 0. The minimum Gasteiger partial charge on any atom is -0.444 e. The fourth-order valence-electron chi connectivity index (χ4n) is 3.10. The number of amides is 1. The van der Waals surface area contributed by atoms with Gasteiger partial charge in [0.1, 0.15) is 5.60 Å². The zero-order valence-electron chi connectivity index (χ0n) is 13.7. The number of hydrogen-bond donors (Lipinski definition) is 2. The first kappa shape index (κ1) is 16.6. The van der Waals surface area contributed by atoms with Gasteiger partial charge in [-0.25, -0.2) is 4.79 Å². The van der Waals surface area contributed by atoms with Crippen molar-refractivity contribution < 1.29 is 14.6 Å². The molecule has 0 radical (unpaired) electrons. The molecule has 5 nitrogen and oxygen atoms in total. The van der Waals surface area contributed by atoms with Gasteiger partial charge in [-0.15, -0.1) is 0 Å². The molecule has 122 valence electrons. The van der Waals surface area contributed by atoms with Crippen molar-refractivity contribution in [2.24, 2.45) is 0 Å². The van der Waals surface area contributed by atoms with Gasteiger partial charge in [-0.05, 0) is 59.3 Å². The molecule has 0 aromatic rings. The van der Waals surface area contributed by atoms with Crippen LogP contribution >= 0.6 is 0 Å². The number of ether oxygens (including phenoxy) is 1. The molecule has 1 amide bonds. The SMILES string of the molecule is CC(C)(C)OC(=O)N1CCCCC1CNC1(CO)CCC1. The van der Waals surface area contributed by atoms with Crippen LogP contribution in [-0.2, 0) is 4.74 Å². The molecular formula is C16H30N2O3. The van der Waals surface area contributed by atoms with E-state index in [0.29, 0.717) is 0 Å². The highest BCUT2D eigenvalue weighted by molar-refractivity contribution is 5.68. The molecule has 5 heteroatoms. The minimum atomic E-state index is -0.452. The zero-order valence-corrected chi connectivity index (χ0v) is 13.7. The Morgan fingerprint density at radius 1 is 1.33 bits per heavy atom. The number of likely N-dealkylation sites (tertiary alicyclic amines) is 1. The molecule has 2 fully saturated rings. The van der Waals surface area contributed by atoms with E-state index in [4.69, 9.17) is 4.74 Å². The standard InChI is InChI=1S/C16H30N2O3/c1-15(2,3)21-14(20)18-10-5-4-7-13(18)11-17-16(12-19)8-6-9-16/h13,17,19H,4-12H2,1-3H3. The maximum atomic E-state index is 12.3. The van der Waals surface area contributed by atoms with Gasteiger partial charge in [-0.1, -0.05) is 0 Å². The van der Waals surface area contributed by atoms with Crippen LogP contribution in [0.3, 0.4) is 0 Å². The topological polar surface area (TPSA) is 61.8 Å². The van der Waals surface area contributed by atoms with E-state index in [-0.39, 0.29) is 24.3 Å². The Morgan fingerprint density at radius 2 is 2.05 bits per heavy atom. The van der Waals surface area contributed by atoms with Crippen molar-refractivity contribution in [3.63, 3.8) is 0 Å². The lowest BCUT2D eigenvalue weighted by Gasteiger charge is -2.44. The van der Waals surface area contributed by atoms with Crippen LogP contribution in [0.15, 0.2) is 0 Å². The number of carbonyl (C=O) groups excluding carboxylic acids is 1. The smallest absolute Gasteiger partial charge is 0.410 e. The summed E-state index contributed by atoms with van der Waals surface area (Å²) in [6, 6.07) is 0.178. The second-order valence-corrected chi connectivity index (χ2v) is 7.50. The molecule has 1 saturated carbocycles. The third-order valence-electron chi connectivity index (χ3n) is 4.58. The molecule has 2 rings (SSSR count). The summed E-state index contributed by atoms with van der Waals surface area (Å²) in [6.07, 6.45) is 6.23. The van der Waals surface area contributed by atoms with E-state index >= 15 is 0 Å². The van der Waals surface area contributed by atoms with Gasteiger partial charge < -0.3 is 20.1 Å². The fourth-order valence-corrected chi connectivity index (χ4v) is 3.10. The predicted molar refractivity (Wildman–Crippen MR) is 82.2 cm³/mol. The molecule has 1 saturated heterocycles. The summed E-state index contributed by atoms with van der Waals surface area (Å²) >= 11 is 0. The summed E-state index contributed by atoms with van der Waals surface area (Å²) in [5.41, 5.74) is -0.552. The molecule has 2 N–H and O–H groups in total. The highest BCUT2D eigenvalue weighted by Crippen LogP contribution is 2.31. The van der Waals surface area contributed by atoms with Crippen LogP contribution in [0.2, 0.25) is 0 Å². The van der Waals surface area contributed by atoms with Gasteiger partial charge in [0.2, 0.25) is 0 Å². The number of carbonyl (C=O) groups is 1. The third kappa shape index (κ3) is 4.33. The average molecular weight is 298 g/mol. The van der Waals surface area contributed by atoms with Crippen molar-refractivity contribution in [2.75, 3.05) is 19.7 Å². The Balaban J connectivity index is 1.90. The molecular weight excluding hydrogens is 268 g/mol. The number of rotatable bonds is 4. The van der Waals surface area contributed by atoms with Gasteiger partial charge in [-0.2, -0.15) is 0 Å². The minimum absolute atomic E-state index is 0.100. The summed E-state index contributed by atoms with van der Waals surface area (Å²) in [5.74, 6) is 0. The van der Waals surface area contributed by atoms with Crippen LogP contribution in [0.4, 0.5) is 4.79 Å². The summed E-state index contributed by atoms with van der Waals surface area (Å²) in [4.78, 5) is 14.2. The number of piperidine rings is 1. The molecule has 1 aliphatic heterocycles. The van der Waals surface area contributed by atoms with Crippen LogP contribution < -0.4 is 5.32 Å². The molecule has 1 unspecified atom stereocenters. The summed E-state index contributed by atoms with van der Waals surface area (Å²) in [6.45, 7) is 7.41. The Kier molecular flexibility index (Phi) is 5.15. The van der Waals surface area contributed by atoms with Crippen LogP contribution in [0.1, 0.15) is 59.3 Å². The molecule has 1 atom stereocenters. The number of aliphatic hydroxyl groups excluding tert-OH is 1. The molecule has 1 heterocycles. The monoisotopic (exact) mass is 298 g/mol. The maximum Gasteiger partial charge on any atom is 0.410 e. The molecule has 21 heavy (non-hydrogen) atoms. The van der Waals surface area contributed by atoms with Gasteiger partial charge in [0.05, 0.1) is 6.61 Å². The van der Waals surface area contributed by atoms with E-state index in [9.17, 15) is 9.90 Å². The molecule has 2 aliphatic rings. The summed E-state index contributed by atoms with van der Waals surface area (Å²) < 4.78 is 5.52. The van der Waals surface area contributed by atoms with E-state index in [2.05, 4.69) is 5.32 Å². The van der Waals surface area contributed by atoms with Crippen molar-refractivity contribution in [1.82, 2.24) is 10.2 Å². The van der Waals surface area contributed by atoms with Gasteiger partial charge in [0.25, 0.3) is 0 Å². The fraction of sp³-hybridized carbons (Fsp3) is 0.938. The van der Waals surface area contributed by atoms with E-state index in [1.54, 1.807) is 0 Å². The van der Waals surface area contributed by atoms with Crippen LogP contribution in [0, 0.1) is 0 Å².